The molecular weight excluding hydrogens is 592 g/mol. The molecule has 0 N–H and O–H groups in total. The fraction of sp³-hybridized carbons (Fsp3) is 0.943. The fourth-order valence-corrected chi connectivity index (χ4v) is 11.9. The Bertz CT molecular complexity index is 978. The molecule has 2 heterocycles. The van der Waals surface area contributed by atoms with E-state index in [0.29, 0.717) is 35.3 Å². The summed E-state index contributed by atoms with van der Waals surface area (Å²) in [5.41, 5.74) is 0.370. The maximum absolute atomic E-state index is 12.6. The van der Waals surface area contributed by atoms with Crippen molar-refractivity contribution in [3.05, 3.63) is 0 Å². The van der Waals surface area contributed by atoms with Crippen molar-refractivity contribution in [2.45, 2.75) is 142 Å². The molecule has 0 aromatic heterocycles. The van der Waals surface area contributed by atoms with Crippen LogP contribution in [-0.2, 0) is 19.1 Å². The van der Waals surface area contributed by atoms with E-state index >= 15 is 0 Å². The molecule has 3 unspecified atom stereocenters. The van der Waals surface area contributed by atoms with Gasteiger partial charge in [-0.2, -0.15) is 0 Å². The number of piperidine rings is 1. The lowest BCUT2D eigenvalue weighted by Gasteiger charge is -2.62. The van der Waals surface area contributed by atoms with Gasteiger partial charge in [0.2, 0.25) is 0 Å². The lowest BCUT2D eigenvalue weighted by molar-refractivity contribution is -0.935. The Morgan fingerprint density at radius 3 is 2.07 bits per heavy atom. The van der Waals surface area contributed by atoms with Gasteiger partial charge in [-0.25, -0.2) is 0 Å². The van der Waals surface area contributed by atoms with Gasteiger partial charge in [0.05, 0.1) is 20.1 Å². The maximum atomic E-state index is 12.6. The van der Waals surface area contributed by atoms with Gasteiger partial charge >= 0.3 is 11.9 Å². The van der Waals surface area contributed by atoms with Crippen LogP contribution in [0.25, 0.3) is 0 Å². The van der Waals surface area contributed by atoms with Crippen LogP contribution in [0.4, 0.5) is 0 Å². The molecule has 0 amide bonds. The first-order valence-electron chi connectivity index (χ1n) is 17.5. The molecule has 7 heteroatoms. The highest BCUT2D eigenvalue weighted by molar-refractivity contribution is 5.66. The number of carbonyl (C=O) groups excluding carboxylic acids is 2. The highest BCUT2D eigenvalue weighted by Gasteiger charge is 2.67. The first-order valence-corrected chi connectivity index (χ1v) is 17.5. The number of nitrogens with zero attached hydrogens (tertiary/aromatic N) is 2. The van der Waals surface area contributed by atoms with Crippen molar-refractivity contribution in [3.63, 3.8) is 0 Å². The monoisotopic (exact) mass is 650 g/mol. The van der Waals surface area contributed by atoms with Gasteiger partial charge in [-0.3, -0.25) is 14.5 Å². The van der Waals surface area contributed by atoms with Crippen molar-refractivity contribution in [3.8, 4) is 0 Å². The van der Waals surface area contributed by atoms with Gasteiger partial charge in [-0.15, -0.1) is 0 Å². The second-order valence-corrected chi connectivity index (χ2v) is 16.1. The summed E-state index contributed by atoms with van der Waals surface area (Å²) in [5, 5.41) is 0. The third-order valence-corrected chi connectivity index (χ3v) is 14.0. The number of hydrogen-bond acceptors (Lipinski definition) is 5. The van der Waals surface area contributed by atoms with Crippen molar-refractivity contribution in [2.24, 2.45) is 34.5 Å². The van der Waals surface area contributed by atoms with Crippen LogP contribution in [0.3, 0.4) is 0 Å². The zero-order valence-electron chi connectivity index (χ0n) is 27.3. The SMILES string of the molecule is CC(=O)O[C@H]1C[C@@H]2CCC3C4C[C@H]([N+]5(C)CCCCCC5)[C@H](OC(C)=O)[C@@]4(C)CCC3[C@@]2(C)C[C@@H]1N1CCCCC1.[Br-]. The van der Waals surface area contributed by atoms with E-state index in [1.54, 1.807) is 13.8 Å². The van der Waals surface area contributed by atoms with E-state index in [4.69, 9.17) is 9.47 Å². The van der Waals surface area contributed by atoms with Gasteiger partial charge in [0.15, 0.2) is 6.10 Å². The quantitative estimate of drug-likeness (QED) is 0.345. The Labute approximate surface area is 266 Å². The Kier molecular flexibility index (Phi) is 9.83. The molecule has 240 valence electrons. The van der Waals surface area contributed by atoms with Crippen LogP contribution in [0, 0.1) is 34.5 Å². The highest BCUT2D eigenvalue weighted by atomic mass is 79.9. The molecule has 6 nitrogen and oxygen atoms in total. The minimum atomic E-state index is -0.110. The summed E-state index contributed by atoms with van der Waals surface area (Å²) in [4.78, 5) is 27.5. The number of ether oxygens (including phenoxy) is 2. The number of likely N-dealkylation sites (tertiary alicyclic amines) is 2. The predicted octanol–water partition coefficient (Wildman–Crippen LogP) is 3.36. The van der Waals surface area contributed by atoms with Gasteiger partial charge in [0.1, 0.15) is 12.1 Å². The fourth-order valence-electron chi connectivity index (χ4n) is 11.9. The largest absolute Gasteiger partial charge is 1.00 e. The molecule has 4 aliphatic carbocycles. The summed E-state index contributed by atoms with van der Waals surface area (Å²) in [5.74, 6) is 2.50. The normalized spacial score (nSPS) is 45.3. The topological polar surface area (TPSA) is 55.8 Å². The first kappa shape index (κ1) is 32.7. The zero-order valence-corrected chi connectivity index (χ0v) is 28.8. The van der Waals surface area contributed by atoms with Crippen LogP contribution in [0.2, 0.25) is 0 Å². The van der Waals surface area contributed by atoms with Crippen LogP contribution < -0.4 is 17.0 Å². The molecule has 0 spiro atoms. The maximum Gasteiger partial charge on any atom is 0.303 e. The lowest BCUT2D eigenvalue weighted by atomic mass is 9.44. The number of likely N-dealkylation sites (N-methyl/N-ethyl adjacent to an activating group) is 1. The number of esters is 2. The number of fused-ring (bicyclic) bond motifs is 5. The molecule has 2 saturated heterocycles. The second kappa shape index (κ2) is 12.6. The summed E-state index contributed by atoms with van der Waals surface area (Å²) >= 11 is 0. The van der Waals surface area contributed by atoms with Gasteiger partial charge < -0.3 is 30.9 Å². The number of rotatable bonds is 4. The third kappa shape index (κ3) is 5.74. The number of quaternary nitrogens is 1. The minimum absolute atomic E-state index is 0. The predicted molar refractivity (Wildman–Crippen MR) is 161 cm³/mol. The van der Waals surface area contributed by atoms with Crippen molar-refractivity contribution >= 4 is 11.9 Å². The third-order valence-electron chi connectivity index (χ3n) is 14.0. The summed E-state index contributed by atoms with van der Waals surface area (Å²) in [6.45, 7) is 13.1. The van der Waals surface area contributed by atoms with Crippen molar-refractivity contribution in [1.29, 1.82) is 0 Å². The summed E-state index contributed by atoms with van der Waals surface area (Å²) < 4.78 is 13.6. The second-order valence-electron chi connectivity index (χ2n) is 16.1. The van der Waals surface area contributed by atoms with Crippen LogP contribution >= 0.6 is 0 Å². The van der Waals surface area contributed by atoms with E-state index in [2.05, 4.69) is 25.8 Å². The highest BCUT2D eigenvalue weighted by Crippen LogP contribution is 2.67. The Hall–Kier alpha value is -0.660. The van der Waals surface area contributed by atoms with Gasteiger partial charge in [-0.1, -0.05) is 20.3 Å². The zero-order chi connectivity index (χ0) is 29.0. The smallest absolute Gasteiger partial charge is 0.303 e. The van der Waals surface area contributed by atoms with E-state index in [9.17, 15) is 9.59 Å². The average molecular weight is 652 g/mol. The molecule has 6 aliphatic rings. The summed E-state index contributed by atoms with van der Waals surface area (Å²) in [6, 6.07) is 0.788. The molecular formula is C35H59BrN2O4. The van der Waals surface area contributed by atoms with Gasteiger partial charge in [0, 0.05) is 31.7 Å². The Morgan fingerprint density at radius 2 is 1.43 bits per heavy atom. The molecule has 0 bridgehead atoms. The number of hydrogen-bond donors (Lipinski definition) is 0. The number of halogens is 1. The minimum Gasteiger partial charge on any atom is -1.00 e. The molecule has 0 radical (unpaired) electrons. The molecule has 6 fully saturated rings. The molecule has 10 atom stereocenters. The van der Waals surface area contributed by atoms with E-state index in [0.717, 1.165) is 29.9 Å². The van der Waals surface area contributed by atoms with Crippen molar-refractivity contribution < 1.29 is 40.5 Å². The van der Waals surface area contributed by atoms with Gasteiger partial charge in [-0.05, 0) is 119 Å². The van der Waals surface area contributed by atoms with Crippen molar-refractivity contribution in [1.82, 2.24) is 4.90 Å². The van der Waals surface area contributed by atoms with E-state index in [1.807, 2.05) is 0 Å². The van der Waals surface area contributed by atoms with Crippen LogP contribution in [0.1, 0.15) is 118 Å². The molecule has 0 aromatic carbocycles. The summed E-state index contributed by atoms with van der Waals surface area (Å²) in [6.07, 6.45) is 17.6. The first-order chi connectivity index (χ1) is 19.5. The molecule has 4 saturated carbocycles. The molecule has 0 aromatic rings. The van der Waals surface area contributed by atoms with Crippen LogP contribution in [0.15, 0.2) is 0 Å². The molecule has 2 aliphatic heterocycles. The standard InChI is InChI=1S/C35H59N2O4.BrH/c1-24(38)40-32-21-26-13-14-27-28(35(26,4)23-30(32)36-17-9-8-10-18-36)15-16-34(3)29(27)22-31(33(34)41-25(2)39)37(5)19-11-6-7-12-20-37;/h26-33H,6-23H2,1-5H3;1H/q+1;/p-1/t26-,27?,28?,29?,30-,31-,32-,33-,34-,35-;/m0./s1. The summed E-state index contributed by atoms with van der Waals surface area (Å²) in [7, 11) is 2.49. The molecule has 42 heavy (non-hydrogen) atoms. The van der Waals surface area contributed by atoms with E-state index in [-0.39, 0.29) is 46.5 Å². The van der Waals surface area contributed by atoms with Crippen LogP contribution in [0.5, 0.6) is 0 Å². The average Bonchev–Trinajstić information content (AvgIpc) is 3.06. The van der Waals surface area contributed by atoms with E-state index in [1.165, 1.54) is 96.6 Å². The Balaban J connectivity index is 0.00000353. The lowest BCUT2D eigenvalue weighted by Crippen LogP contribution is -3.00. The van der Waals surface area contributed by atoms with Crippen LogP contribution in [-0.4, -0.2) is 78.8 Å². The molecule has 6 rings (SSSR count). The number of carbonyl (C=O) groups is 2. The van der Waals surface area contributed by atoms with E-state index < -0.39 is 0 Å². The Morgan fingerprint density at radius 1 is 0.786 bits per heavy atom. The van der Waals surface area contributed by atoms with Crippen molar-refractivity contribution in [2.75, 3.05) is 33.2 Å². The van der Waals surface area contributed by atoms with Gasteiger partial charge in [0.25, 0.3) is 0 Å².